The number of aromatic nitrogens is 1. The van der Waals surface area contributed by atoms with Crippen LogP contribution in [-0.2, 0) is 17.8 Å². The van der Waals surface area contributed by atoms with E-state index in [1.165, 1.54) is 5.56 Å². The Kier molecular flexibility index (Phi) is 4.11. The molecule has 0 aromatic carbocycles. The molecule has 0 aliphatic rings. The van der Waals surface area contributed by atoms with Crippen molar-refractivity contribution in [2.75, 3.05) is 0 Å². The third-order valence-corrected chi connectivity index (χ3v) is 2.14. The summed E-state index contributed by atoms with van der Waals surface area (Å²) in [6.45, 7) is 4.47. The zero-order valence-electron chi connectivity index (χ0n) is 8.71. The second-order valence-electron chi connectivity index (χ2n) is 3.09. The van der Waals surface area contributed by atoms with Crippen LogP contribution in [-0.4, -0.2) is 10.9 Å². The lowest BCUT2D eigenvalue weighted by molar-refractivity contribution is -0.120. The van der Waals surface area contributed by atoms with Gasteiger partial charge in [-0.2, -0.15) is 0 Å². The molecule has 0 spiro atoms. The third-order valence-electron chi connectivity index (χ3n) is 2.14. The highest BCUT2D eigenvalue weighted by molar-refractivity contribution is 5.75. The van der Waals surface area contributed by atoms with Crippen LogP contribution in [0.2, 0.25) is 0 Å². The van der Waals surface area contributed by atoms with Crippen LogP contribution in [0.5, 0.6) is 0 Å². The summed E-state index contributed by atoms with van der Waals surface area (Å²) in [6, 6.07) is 3.96. The summed E-state index contributed by atoms with van der Waals surface area (Å²) < 4.78 is 0. The maximum absolute atomic E-state index is 11.0. The molecule has 1 heterocycles. The SMILES string of the molecule is CCC(=O)NCc1ncccc1CC. The minimum absolute atomic E-state index is 0.0673. The highest BCUT2D eigenvalue weighted by atomic mass is 16.1. The van der Waals surface area contributed by atoms with Crippen molar-refractivity contribution in [3.8, 4) is 0 Å². The summed E-state index contributed by atoms with van der Waals surface area (Å²) in [5.74, 6) is 0.0673. The molecule has 0 bridgehead atoms. The first-order chi connectivity index (χ1) is 6.77. The number of hydrogen-bond donors (Lipinski definition) is 1. The number of amides is 1. The monoisotopic (exact) mass is 192 g/mol. The van der Waals surface area contributed by atoms with Crippen LogP contribution in [0.15, 0.2) is 18.3 Å². The summed E-state index contributed by atoms with van der Waals surface area (Å²) in [7, 11) is 0. The van der Waals surface area contributed by atoms with E-state index in [0.29, 0.717) is 13.0 Å². The van der Waals surface area contributed by atoms with Gasteiger partial charge in [-0.15, -0.1) is 0 Å². The van der Waals surface area contributed by atoms with E-state index < -0.39 is 0 Å². The van der Waals surface area contributed by atoms with Gasteiger partial charge < -0.3 is 5.32 Å². The highest BCUT2D eigenvalue weighted by Gasteiger charge is 2.02. The van der Waals surface area contributed by atoms with Gasteiger partial charge in [-0.25, -0.2) is 0 Å². The van der Waals surface area contributed by atoms with E-state index in [1.807, 2.05) is 19.1 Å². The molecule has 1 N–H and O–H groups in total. The van der Waals surface area contributed by atoms with Crippen molar-refractivity contribution in [1.82, 2.24) is 10.3 Å². The molecule has 0 unspecified atom stereocenters. The van der Waals surface area contributed by atoms with Gasteiger partial charge in [-0.1, -0.05) is 19.9 Å². The lowest BCUT2D eigenvalue weighted by Crippen LogP contribution is -2.22. The number of hydrogen-bond acceptors (Lipinski definition) is 2. The van der Waals surface area contributed by atoms with Gasteiger partial charge in [-0.05, 0) is 18.1 Å². The van der Waals surface area contributed by atoms with E-state index in [4.69, 9.17) is 0 Å². The molecular weight excluding hydrogens is 176 g/mol. The number of nitrogens with zero attached hydrogens (tertiary/aromatic N) is 1. The minimum atomic E-state index is 0.0673. The molecule has 1 amide bonds. The van der Waals surface area contributed by atoms with Crippen molar-refractivity contribution in [3.05, 3.63) is 29.6 Å². The molecule has 3 nitrogen and oxygen atoms in total. The van der Waals surface area contributed by atoms with Gasteiger partial charge >= 0.3 is 0 Å². The summed E-state index contributed by atoms with van der Waals surface area (Å²) in [5.41, 5.74) is 2.17. The van der Waals surface area contributed by atoms with E-state index in [-0.39, 0.29) is 5.91 Å². The first-order valence-electron chi connectivity index (χ1n) is 4.97. The van der Waals surface area contributed by atoms with Crippen LogP contribution < -0.4 is 5.32 Å². The molecule has 1 rings (SSSR count). The van der Waals surface area contributed by atoms with Gasteiger partial charge in [0.25, 0.3) is 0 Å². The average molecular weight is 192 g/mol. The van der Waals surface area contributed by atoms with Crippen LogP contribution in [0.25, 0.3) is 0 Å². The van der Waals surface area contributed by atoms with Crippen LogP contribution in [0, 0.1) is 0 Å². The normalized spacial score (nSPS) is 9.86. The summed E-state index contributed by atoms with van der Waals surface area (Å²) in [6.07, 6.45) is 3.23. The molecule has 14 heavy (non-hydrogen) atoms. The van der Waals surface area contributed by atoms with Crippen molar-refractivity contribution < 1.29 is 4.79 Å². The third kappa shape index (κ3) is 2.83. The summed E-state index contributed by atoms with van der Waals surface area (Å²) >= 11 is 0. The van der Waals surface area contributed by atoms with E-state index in [9.17, 15) is 4.79 Å². The first-order valence-corrected chi connectivity index (χ1v) is 4.97. The Hall–Kier alpha value is -1.38. The summed E-state index contributed by atoms with van der Waals surface area (Å²) in [5, 5.41) is 2.82. The summed E-state index contributed by atoms with van der Waals surface area (Å²) in [4.78, 5) is 15.3. The van der Waals surface area contributed by atoms with Gasteiger partial charge in [0.2, 0.25) is 5.91 Å². The fraction of sp³-hybridized carbons (Fsp3) is 0.455. The van der Waals surface area contributed by atoms with Crippen LogP contribution in [0.4, 0.5) is 0 Å². The lowest BCUT2D eigenvalue weighted by atomic mass is 10.1. The standard InChI is InChI=1S/C11H16N2O/c1-3-9-6-5-7-12-10(9)8-13-11(14)4-2/h5-7H,3-4,8H2,1-2H3,(H,13,14). The van der Waals surface area contributed by atoms with Gasteiger partial charge in [0.05, 0.1) is 12.2 Å². The number of nitrogens with one attached hydrogen (secondary N) is 1. The zero-order chi connectivity index (χ0) is 10.4. The van der Waals surface area contributed by atoms with Gasteiger partial charge in [0, 0.05) is 12.6 Å². The fourth-order valence-corrected chi connectivity index (χ4v) is 1.26. The molecular formula is C11H16N2O. The van der Waals surface area contributed by atoms with Crippen molar-refractivity contribution >= 4 is 5.91 Å². The maximum atomic E-state index is 11.0. The number of rotatable bonds is 4. The van der Waals surface area contributed by atoms with Gasteiger partial charge in [0.1, 0.15) is 0 Å². The van der Waals surface area contributed by atoms with Crippen molar-refractivity contribution in [2.45, 2.75) is 33.2 Å². The second kappa shape index (κ2) is 5.37. The van der Waals surface area contributed by atoms with Crippen LogP contribution in [0.1, 0.15) is 31.5 Å². The van der Waals surface area contributed by atoms with Gasteiger partial charge in [-0.3, -0.25) is 9.78 Å². The number of pyridine rings is 1. The number of carbonyl (C=O) groups excluding carboxylic acids is 1. The minimum Gasteiger partial charge on any atom is -0.350 e. The quantitative estimate of drug-likeness (QED) is 0.788. The van der Waals surface area contributed by atoms with Crippen LogP contribution >= 0.6 is 0 Å². The average Bonchev–Trinajstić information content (AvgIpc) is 2.26. The molecule has 0 saturated heterocycles. The molecule has 3 heteroatoms. The lowest BCUT2D eigenvalue weighted by Gasteiger charge is -2.06. The largest absolute Gasteiger partial charge is 0.350 e. The topological polar surface area (TPSA) is 42.0 Å². The van der Waals surface area contributed by atoms with Crippen molar-refractivity contribution in [2.24, 2.45) is 0 Å². The Morgan fingerprint density at radius 1 is 1.50 bits per heavy atom. The number of aryl methyl sites for hydroxylation is 1. The van der Waals surface area contributed by atoms with Crippen molar-refractivity contribution in [3.63, 3.8) is 0 Å². The van der Waals surface area contributed by atoms with Crippen LogP contribution in [0.3, 0.4) is 0 Å². The molecule has 76 valence electrons. The predicted octanol–water partition coefficient (Wildman–Crippen LogP) is 1.67. The molecule has 0 saturated carbocycles. The molecule has 0 aliphatic carbocycles. The fourth-order valence-electron chi connectivity index (χ4n) is 1.26. The molecule has 0 fully saturated rings. The van der Waals surface area contributed by atoms with Gasteiger partial charge in [0.15, 0.2) is 0 Å². The molecule has 0 radical (unpaired) electrons. The van der Waals surface area contributed by atoms with E-state index in [0.717, 1.165) is 12.1 Å². The Morgan fingerprint density at radius 3 is 2.93 bits per heavy atom. The Morgan fingerprint density at radius 2 is 2.29 bits per heavy atom. The smallest absolute Gasteiger partial charge is 0.220 e. The molecule has 0 atom stereocenters. The zero-order valence-corrected chi connectivity index (χ0v) is 8.71. The Labute approximate surface area is 84.6 Å². The Balaban J connectivity index is 2.61. The molecule has 1 aromatic rings. The van der Waals surface area contributed by atoms with E-state index in [1.54, 1.807) is 6.20 Å². The first kappa shape index (κ1) is 10.7. The Bertz CT molecular complexity index is 310. The predicted molar refractivity (Wildman–Crippen MR) is 55.8 cm³/mol. The van der Waals surface area contributed by atoms with E-state index in [2.05, 4.69) is 17.2 Å². The van der Waals surface area contributed by atoms with Crippen molar-refractivity contribution in [1.29, 1.82) is 0 Å². The number of carbonyl (C=O) groups is 1. The second-order valence-corrected chi connectivity index (χ2v) is 3.09. The molecule has 1 aromatic heterocycles. The maximum Gasteiger partial charge on any atom is 0.220 e. The van der Waals surface area contributed by atoms with E-state index >= 15 is 0 Å². The molecule has 0 aliphatic heterocycles. The highest BCUT2D eigenvalue weighted by Crippen LogP contribution is 2.05.